The quantitative estimate of drug-likeness (QED) is 0.853. The first kappa shape index (κ1) is 13.0. The van der Waals surface area contributed by atoms with Crippen molar-refractivity contribution in [1.29, 1.82) is 0 Å². The Hall–Kier alpha value is -1.65. The van der Waals surface area contributed by atoms with Gasteiger partial charge in [0, 0.05) is 25.1 Å². The predicted molar refractivity (Wildman–Crippen MR) is 79.8 cm³/mol. The summed E-state index contributed by atoms with van der Waals surface area (Å²) < 4.78 is 0. The third-order valence-electron chi connectivity index (χ3n) is 5.07. The summed E-state index contributed by atoms with van der Waals surface area (Å²) in [5, 5.41) is 0. The Kier molecular flexibility index (Phi) is 3.08. The SMILES string of the molecule is Cc1nc2c(c(N3CCC3)n1)CN(C(=O)CC1CCC1)C2. The second-order valence-corrected chi connectivity index (χ2v) is 6.61. The fourth-order valence-electron chi connectivity index (χ4n) is 3.40. The minimum absolute atomic E-state index is 0.296. The third-order valence-corrected chi connectivity index (χ3v) is 5.07. The average molecular weight is 286 g/mol. The zero-order valence-electron chi connectivity index (χ0n) is 12.6. The Balaban J connectivity index is 1.53. The van der Waals surface area contributed by atoms with Gasteiger partial charge in [-0.25, -0.2) is 9.97 Å². The van der Waals surface area contributed by atoms with Crippen molar-refractivity contribution in [3.05, 3.63) is 17.1 Å². The van der Waals surface area contributed by atoms with Crippen LogP contribution in [0.1, 0.15) is 49.2 Å². The van der Waals surface area contributed by atoms with Crippen LogP contribution in [0.25, 0.3) is 0 Å². The number of fused-ring (bicyclic) bond motifs is 1. The predicted octanol–water partition coefficient (Wildman–Crippen LogP) is 2.03. The molecule has 0 unspecified atom stereocenters. The number of hydrogen-bond donors (Lipinski definition) is 0. The topological polar surface area (TPSA) is 49.3 Å². The molecule has 1 aromatic heterocycles. The van der Waals surface area contributed by atoms with Crippen LogP contribution in [-0.2, 0) is 17.9 Å². The molecule has 2 aliphatic heterocycles. The largest absolute Gasteiger partial charge is 0.356 e. The summed E-state index contributed by atoms with van der Waals surface area (Å²) in [5.74, 6) is 2.82. The summed E-state index contributed by atoms with van der Waals surface area (Å²) in [4.78, 5) is 25.9. The van der Waals surface area contributed by atoms with Crippen LogP contribution in [0.15, 0.2) is 0 Å². The lowest BCUT2D eigenvalue weighted by atomic mass is 9.83. The lowest BCUT2D eigenvalue weighted by Crippen LogP contribution is -2.38. The van der Waals surface area contributed by atoms with Gasteiger partial charge in [0.2, 0.25) is 5.91 Å². The average Bonchev–Trinajstić information content (AvgIpc) is 2.75. The molecule has 1 amide bonds. The van der Waals surface area contributed by atoms with Crippen LogP contribution in [0.2, 0.25) is 0 Å². The molecule has 21 heavy (non-hydrogen) atoms. The number of aromatic nitrogens is 2. The lowest BCUT2D eigenvalue weighted by molar-refractivity contribution is -0.133. The number of carbonyl (C=O) groups excluding carboxylic acids is 1. The van der Waals surface area contributed by atoms with E-state index in [2.05, 4.69) is 14.9 Å². The molecule has 0 atom stereocenters. The Labute approximate surface area is 125 Å². The summed E-state index contributed by atoms with van der Waals surface area (Å²) in [7, 11) is 0. The Morgan fingerprint density at radius 1 is 1.19 bits per heavy atom. The molecule has 5 heteroatoms. The molecule has 0 radical (unpaired) electrons. The molecule has 0 aromatic carbocycles. The number of rotatable bonds is 3. The second-order valence-electron chi connectivity index (χ2n) is 6.61. The van der Waals surface area contributed by atoms with Crippen LogP contribution in [0.5, 0.6) is 0 Å². The van der Waals surface area contributed by atoms with E-state index >= 15 is 0 Å². The molecule has 1 saturated heterocycles. The molecule has 112 valence electrons. The number of nitrogens with zero attached hydrogens (tertiary/aromatic N) is 4. The first-order valence-corrected chi connectivity index (χ1v) is 8.10. The van der Waals surface area contributed by atoms with Gasteiger partial charge in [0.1, 0.15) is 11.6 Å². The Morgan fingerprint density at radius 3 is 2.62 bits per heavy atom. The van der Waals surface area contributed by atoms with Crippen molar-refractivity contribution in [2.24, 2.45) is 5.92 Å². The van der Waals surface area contributed by atoms with E-state index in [0.717, 1.165) is 36.8 Å². The molecule has 1 aromatic rings. The second kappa shape index (κ2) is 4.97. The smallest absolute Gasteiger partial charge is 0.223 e. The molecule has 2 fully saturated rings. The molecule has 3 heterocycles. The highest BCUT2D eigenvalue weighted by atomic mass is 16.2. The highest BCUT2D eigenvalue weighted by Crippen LogP contribution is 2.34. The van der Waals surface area contributed by atoms with Crippen LogP contribution in [-0.4, -0.2) is 33.9 Å². The zero-order valence-corrected chi connectivity index (χ0v) is 12.6. The molecule has 1 aliphatic carbocycles. The molecule has 3 aliphatic rings. The summed E-state index contributed by atoms with van der Waals surface area (Å²) in [6, 6.07) is 0. The van der Waals surface area contributed by atoms with E-state index in [0.29, 0.717) is 24.9 Å². The number of aryl methyl sites for hydroxylation is 1. The first-order valence-electron chi connectivity index (χ1n) is 8.10. The van der Waals surface area contributed by atoms with Gasteiger partial charge < -0.3 is 9.80 Å². The van der Waals surface area contributed by atoms with Gasteiger partial charge in [-0.2, -0.15) is 0 Å². The van der Waals surface area contributed by atoms with Gasteiger partial charge in [0.05, 0.1) is 18.8 Å². The lowest BCUT2D eigenvalue weighted by Gasteiger charge is -2.33. The van der Waals surface area contributed by atoms with Gasteiger partial charge in [0.25, 0.3) is 0 Å². The van der Waals surface area contributed by atoms with E-state index in [4.69, 9.17) is 0 Å². The van der Waals surface area contributed by atoms with Crippen molar-refractivity contribution in [2.45, 2.75) is 52.1 Å². The van der Waals surface area contributed by atoms with E-state index in [9.17, 15) is 4.79 Å². The number of anilines is 1. The summed E-state index contributed by atoms with van der Waals surface area (Å²) in [6.45, 7) is 5.48. The number of amides is 1. The van der Waals surface area contributed by atoms with Gasteiger partial charge in [0.15, 0.2) is 0 Å². The standard InChI is InChI=1S/C16H22N4O/c1-11-17-14-10-20(15(21)8-12-4-2-5-12)9-13(14)16(18-11)19-6-3-7-19/h12H,2-10H2,1H3. The van der Waals surface area contributed by atoms with Crippen molar-refractivity contribution in [3.63, 3.8) is 0 Å². The Bertz CT molecular complexity index is 578. The van der Waals surface area contributed by atoms with Crippen LogP contribution in [0, 0.1) is 12.8 Å². The fraction of sp³-hybridized carbons (Fsp3) is 0.688. The van der Waals surface area contributed by atoms with Crippen LogP contribution in [0.4, 0.5) is 5.82 Å². The molecule has 0 bridgehead atoms. The normalized spacial score (nSPS) is 21.0. The van der Waals surface area contributed by atoms with Gasteiger partial charge >= 0.3 is 0 Å². The van der Waals surface area contributed by atoms with E-state index in [1.807, 2.05) is 11.8 Å². The molecule has 4 rings (SSSR count). The third kappa shape index (κ3) is 2.28. The van der Waals surface area contributed by atoms with E-state index in [-0.39, 0.29) is 0 Å². The highest BCUT2D eigenvalue weighted by Gasteiger charge is 2.32. The van der Waals surface area contributed by atoms with Gasteiger partial charge in [-0.3, -0.25) is 4.79 Å². The van der Waals surface area contributed by atoms with Gasteiger partial charge in [-0.05, 0) is 32.1 Å². The van der Waals surface area contributed by atoms with E-state index < -0.39 is 0 Å². The van der Waals surface area contributed by atoms with Crippen molar-refractivity contribution >= 4 is 11.7 Å². The van der Waals surface area contributed by atoms with Crippen LogP contribution < -0.4 is 4.90 Å². The number of carbonyl (C=O) groups is 1. The molecule has 0 N–H and O–H groups in total. The van der Waals surface area contributed by atoms with E-state index in [1.165, 1.54) is 31.2 Å². The Morgan fingerprint density at radius 2 is 2.00 bits per heavy atom. The van der Waals surface area contributed by atoms with Crippen molar-refractivity contribution < 1.29 is 4.79 Å². The van der Waals surface area contributed by atoms with Gasteiger partial charge in [-0.15, -0.1) is 0 Å². The molecule has 0 spiro atoms. The maximum atomic E-state index is 12.4. The first-order chi connectivity index (χ1) is 10.2. The summed E-state index contributed by atoms with van der Waals surface area (Å²) >= 11 is 0. The van der Waals surface area contributed by atoms with Crippen molar-refractivity contribution in [1.82, 2.24) is 14.9 Å². The van der Waals surface area contributed by atoms with Gasteiger partial charge in [-0.1, -0.05) is 6.42 Å². The van der Waals surface area contributed by atoms with Crippen LogP contribution in [0.3, 0.4) is 0 Å². The zero-order chi connectivity index (χ0) is 14.4. The van der Waals surface area contributed by atoms with E-state index in [1.54, 1.807) is 0 Å². The van der Waals surface area contributed by atoms with Crippen molar-refractivity contribution in [2.75, 3.05) is 18.0 Å². The molecule has 5 nitrogen and oxygen atoms in total. The highest BCUT2D eigenvalue weighted by molar-refractivity contribution is 5.77. The monoisotopic (exact) mass is 286 g/mol. The number of hydrogen-bond acceptors (Lipinski definition) is 4. The van der Waals surface area contributed by atoms with Crippen LogP contribution >= 0.6 is 0 Å². The minimum atomic E-state index is 0.296. The maximum Gasteiger partial charge on any atom is 0.223 e. The maximum absolute atomic E-state index is 12.4. The molecular formula is C16H22N4O. The molecule has 1 saturated carbocycles. The van der Waals surface area contributed by atoms with Crippen molar-refractivity contribution in [3.8, 4) is 0 Å². The summed E-state index contributed by atoms with van der Waals surface area (Å²) in [5.41, 5.74) is 2.24. The fourth-order valence-corrected chi connectivity index (χ4v) is 3.40. The summed E-state index contributed by atoms with van der Waals surface area (Å²) in [6.07, 6.45) is 5.71. The minimum Gasteiger partial charge on any atom is -0.356 e. The molecular weight excluding hydrogens is 264 g/mol.